The predicted octanol–water partition coefficient (Wildman–Crippen LogP) is 1.75. The molecule has 2 aromatic rings. The van der Waals surface area contributed by atoms with Gasteiger partial charge in [-0.15, -0.1) is 0 Å². The molecule has 0 saturated carbocycles. The van der Waals surface area contributed by atoms with E-state index in [4.69, 9.17) is 10.3 Å². The highest BCUT2D eigenvalue weighted by atomic mass is 16.5. The Hall–Kier alpha value is -1.62. The average Bonchev–Trinajstić information content (AvgIpc) is 2.98. The first-order chi connectivity index (χ1) is 8.09. The van der Waals surface area contributed by atoms with E-state index in [2.05, 4.69) is 35.5 Å². The van der Waals surface area contributed by atoms with E-state index >= 15 is 0 Å². The molecule has 2 aromatic heterocycles. The quantitative estimate of drug-likeness (QED) is 0.875. The molecule has 1 unspecified atom stereocenters. The molecule has 0 aliphatic carbocycles. The molecule has 2 N–H and O–H groups in total. The third-order valence-corrected chi connectivity index (χ3v) is 3.35. The first-order valence-corrected chi connectivity index (χ1v) is 5.75. The molecule has 0 fully saturated rings. The minimum atomic E-state index is -0.343. The van der Waals surface area contributed by atoms with Crippen molar-refractivity contribution in [1.82, 2.24) is 14.7 Å². The van der Waals surface area contributed by atoms with Gasteiger partial charge in [-0.1, -0.05) is 19.0 Å². The Morgan fingerprint density at radius 1 is 1.41 bits per heavy atom. The van der Waals surface area contributed by atoms with E-state index in [9.17, 15) is 0 Å². The molecule has 0 bridgehead atoms. The zero-order valence-corrected chi connectivity index (χ0v) is 10.4. The number of rotatable bonds is 4. The molecule has 0 spiro atoms. The average molecular weight is 234 g/mol. The fourth-order valence-corrected chi connectivity index (χ4v) is 1.84. The standard InChI is InChI=1S/C12H18N4O/c1-9(2)12(3,16-6-4-5-7-16)11-14-10(8-13)15-17-11/h4-7,9H,8,13H2,1-3H3. The summed E-state index contributed by atoms with van der Waals surface area (Å²) in [5, 5.41) is 3.87. The summed E-state index contributed by atoms with van der Waals surface area (Å²) < 4.78 is 7.43. The number of hydrogen-bond acceptors (Lipinski definition) is 4. The molecule has 5 nitrogen and oxygen atoms in total. The molecule has 0 radical (unpaired) electrons. The van der Waals surface area contributed by atoms with E-state index < -0.39 is 0 Å². The van der Waals surface area contributed by atoms with Gasteiger partial charge in [-0.25, -0.2) is 0 Å². The van der Waals surface area contributed by atoms with Crippen molar-refractivity contribution < 1.29 is 4.52 Å². The summed E-state index contributed by atoms with van der Waals surface area (Å²) in [5.41, 5.74) is 5.17. The lowest BCUT2D eigenvalue weighted by molar-refractivity contribution is 0.199. The molecule has 17 heavy (non-hydrogen) atoms. The smallest absolute Gasteiger partial charge is 0.252 e. The topological polar surface area (TPSA) is 69.9 Å². The summed E-state index contributed by atoms with van der Waals surface area (Å²) in [6, 6.07) is 3.97. The number of aromatic nitrogens is 3. The number of nitrogens with two attached hydrogens (primary N) is 1. The van der Waals surface area contributed by atoms with Gasteiger partial charge in [0.25, 0.3) is 5.89 Å². The highest BCUT2D eigenvalue weighted by Crippen LogP contribution is 2.32. The minimum absolute atomic E-state index is 0.295. The van der Waals surface area contributed by atoms with Crippen LogP contribution in [0.1, 0.15) is 32.5 Å². The van der Waals surface area contributed by atoms with E-state index in [0.29, 0.717) is 24.2 Å². The maximum absolute atomic E-state index is 5.51. The second-order valence-corrected chi connectivity index (χ2v) is 4.61. The van der Waals surface area contributed by atoms with Crippen LogP contribution in [0.25, 0.3) is 0 Å². The Bertz CT molecular complexity index is 474. The van der Waals surface area contributed by atoms with Crippen molar-refractivity contribution in [2.75, 3.05) is 0 Å². The van der Waals surface area contributed by atoms with Gasteiger partial charge in [-0.3, -0.25) is 0 Å². The minimum Gasteiger partial charge on any atom is -0.339 e. The fourth-order valence-electron chi connectivity index (χ4n) is 1.84. The van der Waals surface area contributed by atoms with Gasteiger partial charge in [0.2, 0.25) is 0 Å². The SMILES string of the molecule is CC(C)C(C)(c1nc(CN)no1)n1cccc1. The van der Waals surface area contributed by atoms with E-state index in [1.165, 1.54) is 0 Å². The second kappa shape index (κ2) is 4.33. The molecule has 0 aromatic carbocycles. The van der Waals surface area contributed by atoms with Crippen LogP contribution < -0.4 is 5.73 Å². The Morgan fingerprint density at radius 2 is 2.06 bits per heavy atom. The molecule has 0 amide bonds. The zero-order chi connectivity index (χ0) is 12.5. The van der Waals surface area contributed by atoms with Crippen LogP contribution in [-0.2, 0) is 12.1 Å². The van der Waals surface area contributed by atoms with Gasteiger partial charge >= 0.3 is 0 Å². The predicted molar refractivity (Wildman–Crippen MR) is 64.2 cm³/mol. The number of hydrogen-bond donors (Lipinski definition) is 1. The van der Waals surface area contributed by atoms with Crippen LogP contribution in [0, 0.1) is 5.92 Å². The van der Waals surface area contributed by atoms with E-state index in [1.54, 1.807) is 0 Å². The first kappa shape index (κ1) is 11.9. The first-order valence-electron chi connectivity index (χ1n) is 5.75. The third kappa shape index (κ3) is 1.86. The molecule has 92 valence electrons. The van der Waals surface area contributed by atoms with Crippen molar-refractivity contribution in [3.05, 3.63) is 36.2 Å². The number of nitrogens with zero attached hydrogens (tertiary/aromatic N) is 3. The van der Waals surface area contributed by atoms with Crippen LogP contribution in [0.4, 0.5) is 0 Å². The highest BCUT2D eigenvalue weighted by molar-refractivity contribution is 5.10. The van der Waals surface area contributed by atoms with Crippen molar-refractivity contribution in [2.24, 2.45) is 11.7 Å². The Labute approximate surface area is 101 Å². The molecule has 1 atom stereocenters. The third-order valence-electron chi connectivity index (χ3n) is 3.35. The Balaban J connectivity index is 2.48. The molecule has 2 heterocycles. The molecule has 0 saturated heterocycles. The van der Waals surface area contributed by atoms with Crippen molar-refractivity contribution >= 4 is 0 Å². The molecular weight excluding hydrogens is 216 g/mol. The van der Waals surface area contributed by atoms with Gasteiger partial charge < -0.3 is 14.8 Å². The summed E-state index contributed by atoms with van der Waals surface area (Å²) in [7, 11) is 0. The molecule has 0 aliphatic heterocycles. The zero-order valence-electron chi connectivity index (χ0n) is 10.4. The van der Waals surface area contributed by atoms with Crippen LogP contribution in [0.3, 0.4) is 0 Å². The van der Waals surface area contributed by atoms with E-state index in [1.807, 2.05) is 24.5 Å². The van der Waals surface area contributed by atoms with Crippen molar-refractivity contribution in [1.29, 1.82) is 0 Å². The summed E-state index contributed by atoms with van der Waals surface area (Å²) >= 11 is 0. The van der Waals surface area contributed by atoms with Crippen LogP contribution >= 0.6 is 0 Å². The van der Waals surface area contributed by atoms with Crippen LogP contribution in [0.15, 0.2) is 29.0 Å². The van der Waals surface area contributed by atoms with Gasteiger partial charge in [-0.2, -0.15) is 4.98 Å². The van der Waals surface area contributed by atoms with Gasteiger partial charge in [-0.05, 0) is 25.0 Å². The van der Waals surface area contributed by atoms with Crippen molar-refractivity contribution in [3.63, 3.8) is 0 Å². The summed E-state index contributed by atoms with van der Waals surface area (Å²) in [5.74, 6) is 1.46. The maximum Gasteiger partial charge on any atom is 0.252 e. The lowest BCUT2D eigenvalue weighted by atomic mass is 9.88. The second-order valence-electron chi connectivity index (χ2n) is 4.61. The summed E-state index contributed by atoms with van der Waals surface area (Å²) in [6.07, 6.45) is 4.01. The van der Waals surface area contributed by atoms with E-state index in [0.717, 1.165) is 0 Å². The largest absolute Gasteiger partial charge is 0.339 e. The fraction of sp³-hybridized carbons (Fsp3) is 0.500. The van der Waals surface area contributed by atoms with Gasteiger partial charge in [0, 0.05) is 12.4 Å². The summed E-state index contributed by atoms with van der Waals surface area (Å²) in [4.78, 5) is 4.35. The van der Waals surface area contributed by atoms with Gasteiger partial charge in [0.1, 0.15) is 5.54 Å². The maximum atomic E-state index is 5.51. The van der Waals surface area contributed by atoms with Crippen LogP contribution in [0.5, 0.6) is 0 Å². The lowest BCUT2D eigenvalue weighted by Gasteiger charge is -2.31. The molecule has 5 heteroatoms. The normalized spacial score (nSPS) is 15.1. The van der Waals surface area contributed by atoms with Crippen molar-refractivity contribution in [3.8, 4) is 0 Å². The van der Waals surface area contributed by atoms with Crippen LogP contribution in [-0.4, -0.2) is 14.7 Å². The monoisotopic (exact) mass is 234 g/mol. The molecule has 2 rings (SSSR count). The highest BCUT2D eigenvalue weighted by Gasteiger charge is 2.37. The van der Waals surface area contributed by atoms with Crippen molar-refractivity contribution in [2.45, 2.75) is 32.9 Å². The molecule has 0 aliphatic rings. The lowest BCUT2D eigenvalue weighted by Crippen LogP contribution is -2.36. The Kier molecular flexibility index (Phi) is 3.02. The van der Waals surface area contributed by atoms with Gasteiger partial charge in [0.15, 0.2) is 5.82 Å². The van der Waals surface area contributed by atoms with Crippen LogP contribution in [0.2, 0.25) is 0 Å². The van der Waals surface area contributed by atoms with E-state index in [-0.39, 0.29) is 5.54 Å². The summed E-state index contributed by atoms with van der Waals surface area (Å²) in [6.45, 7) is 6.65. The molecular formula is C12H18N4O. The van der Waals surface area contributed by atoms with Gasteiger partial charge in [0.05, 0.1) is 6.54 Å². The Morgan fingerprint density at radius 3 is 2.53 bits per heavy atom.